The van der Waals surface area contributed by atoms with Crippen molar-refractivity contribution in [3.05, 3.63) is 59.7 Å². The van der Waals surface area contributed by atoms with Gasteiger partial charge in [-0.05, 0) is 56.3 Å². The van der Waals surface area contributed by atoms with Crippen LogP contribution >= 0.6 is 0 Å². The van der Waals surface area contributed by atoms with Gasteiger partial charge in [-0.25, -0.2) is 21.9 Å². The van der Waals surface area contributed by atoms with Gasteiger partial charge in [-0.2, -0.15) is 0 Å². The fourth-order valence-electron chi connectivity index (χ4n) is 2.70. The number of rotatable bonds is 9. The fourth-order valence-corrected chi connectivity index (χ4v) is 3.74. The van der Waals surface area contributed by atoms with Crippen LogP contribution in [0.4, 0.5) is 14.5 Å². The Hall–Kier alpha value is -3.05. The minimum Gasteiger partial charge on any atom is -0.372 e. The molecule has 0 bridgehead atoms. The topological polar surface area (TPSA) is 108 Å². The van der Waals surface area contributed by atoms with Crippen LogP contribution in [0.25, 0.3) is 0 Å². The molecule has 168 valence electrons. The highest BCUT2D eigenvalue weighted by Gasteiger charge is 2.17. The Morgan fingerprint density at radius 1 is 0.935 bits per heavy atom. The first-order chi connectivity index (χ1) is 14.7. The molecular weight excluding hydrogens is 430 g/mol. The minimum absolute atomic E-state index is 0.288. The standard InChI is InChI=1S/C20H24F2N4O4S/c1-3-26(4-2)15-7-5-14(6-8-15)20(28)25-24-19(27)11-12-23-31(29,30)16-9-10-17(21)18(22)13-16/h5-10,13,23H,3-4,11-12H2,1-2H3,(H,24,27)(H,25,28). The van der Waals surface area contributed by atoms with Crippen LogP contribution in [0.3, 0.4) is 0 Å². The molecule has 3 N–H and O–H groups in total. The van der Waals surface area contributed by atoms with Crippen molar-refractivity contribution in [3.8, 4) is 0 Å². The zero-order valence-electron chi connectivity index (χ0n) is 17.1. The molecule has 0 atom stereocenters. The molecule has 0 aliphatic rings. The third kappa shape index (κ3) is 6.72. The summed E-state index contributed by atoms with van der Waals surface area (Å²) in [7, 11) is -4.11. The second-order valence-electron chi connectivity index (χ2n) is 6.45. The van der Waals surface area contributed by atoms with Crippen molar-refractivity contribution < 1.29 is 26.8 Å². The Labute approximate surface area is 179 Å². The van der Waals surface area contributed by atoms with Gasteiger partial charge in [0.15, 0.2) is 11.6 Å². The van der Waals surface area contributed by atoms with Crippen molar-refractivity contribution in [1.29, 1.82) is 0 Å². The Morgan fingerprint density at radius 3 is 2.16 bits per heavy atom. The van der Waals surface area contributed by atoms with Crippen LogP contribution in [0.1, 0.15) is 30.6 Å². The van der Waals surface area contributed by atoms with E-state index in [1.165, 1.54) is 0 Å². The monoisotopic (exact) mass is 454 g/mol. The van der Waals surface area contributed by atoms with Crippen LogP contribution in [0, 0.1) is 11.6 Å². The van der Waals surface area contributed by atoms with Gasteiger partial charge in [0.1, 0.15) is 0 Å². The number of carbonyl (C=O) groups is 2. The van der Waals surface area contributed by atoms with Crippen molar-refractivity contribution in [1.82, 2.24) is 15.6 Å². The number of carbonyl (C=O) groups excluding carboxylic acids is 2. The van der Waals surface area contributed by atoms with Crippen molar-refractivity contribution in [2.45, 2.75) is 25.2 Å². The van der Waals surface area contributed by atoms with Gasteiger partial charge in [0.05, 0.1) is 4.90 Å². The summed E-state index contributed by atoms with van der Waals surface area (Å²) < 4.78 is 52.3. The van der Waals surface area contributed by atoms with Crippen LogP contribution in [-0.2, 0) is 14.8 Å². The zero-order chi connectivity index (χ0) is 23.0. The van der Waals surface area contributed by atoms with Crippen molar-refractivity contribution in [2.24, 2.45) is 0 Å². The highest BCUT2D eigenvalue weighted by atomic mass is 32.2. The van der Waals surface area contributed by atoms with Crippen LogP contribution in [0.5, 0.6) is 0 Å². The minimum atomic E-state index is -4.11. The molecule has 0 aliphatic heterocycles. The summed E-state index contributed by atoms with van der Waals surface area (Å²) in [6.45, 7) is 5.41. The molecule has 0 aromatic heterocycles. The van der Waals surface area contributed by atoms with Gasteiger partial charge in [-0.3, -0.25) is 20.4 Å². The van der Waals surface area contributed by atoms with E-state index in [1.54, 1.807) is 24.3 Å². The van der Waals surface area contributed by atoms with Gasteiger partial charge in [-0.15, -0.1) is 0 Å². The van der Waals surface area contributed by atoms with E-state index in [9.17, 15) is 26.8 Å². The number of nitrogens with one attached hydrogen (secondary N) is 3. The number of hydrogen-bond acceptors (Lipinski definition) is 5. The lowest BCUT2D eigenvalue weighted by atomic mass is 10.2. The quantitative estimate of drug-likeness (QED) is 0.502. The number of benzene rings is 2. The van der Waals surface area contributed by atoms with Crippen LogP contribution < -0.4 is 20.5 Å². The zero-order valence-corrected chi connectivity index (χ0v) is 17.9. The Morgan fingerprint density at radius 2 is 1.58 bits per heavy atom. The van der Waals surface area contributed by atoms with E-state index in [1.807, 2.05) is 13.8 Å². The molecule has 0 unspecified atom stereocenters. The second-order valence-corrected chi connectivity index (χ2v) is 8.21. The third-order valence-corrected chi connectivity index (χ3v) is 5.88. The molecule has 2 aromatic carbocycles. The number of hydrogen-bond donors (Lipinski definition) is 3. The predicted octanol–water partition coefficient (Wildman–Crippen LogP) is 1.94. The molecule has 2 amide bonds. The van der Waals surface area contributed by atoms with E-state index >= 15 is 0 Å². The first-order valence-corrected chi connectivity index (χ1v) is 11.0. The maximum absolute atomic E-state index is 13.2. The molecular formula is C20H24F2N4O4S. The summed E-state index contributed by atoms with van der Waals surface area (Å²) in [6, 6.07) is 9.01. The molecule has 8 nitrogen and oxygen atoms in total. The molecule has 0 fully saturated rings. The van der Waals surface area contributed by atoms with Crippen LogP contribution in [0.15, 0.2) is 47.4 Å². The molecule has 31 heavy (non-hydrogen) atoms. The molecule has 0 aliphatic carbocycles. The molecule has 2 aromatic rings. The molecule has 2 rings (SSSR count). The summed E-state index contributed by atoms with van der Waals surface area (Å²) in [4.78, 5) is 25.6. The van der Waals surface area contributed by atoms with Crippen molar-refractivity contribution in [2.75, 3.05) is 24.5 Å². The molecule has 0 saturated heterocycles. The van der Waals surface area contributed by atoms with Crippen molar-refractivity contribution >= 4 is 27.5 Å². The van der Waals surface area contributed by atoms with Gasteiger partial charge in [-0.1, -0.05) is 0 Å². The SMILES string of the molecule is CCN(CC)c1ccc(C(=O)NNC(=O)CCNS(=O)(=O)c2ccc(F)c(F)c2)cc1. The van der Waals surface area contributed by atoms with E-state index in [2.05, 4.69) is 20.5 Å². The molecule has 0 saturated carbocycles. The normalized spacial score (nSPS) is 11.1. The van der Waals surface area contributed by atoms with Gasteiger partial charge in [0, 0.05) is 37.3 Å². The number of halogens is 2. The maximum Gasteiger partial charge on any atom is 0.269 e. The lowest BCUT2D eigenvalue weighted by molar-refractivity contribution is -0.121. The number of anilines is 1. The first kappa shape index (κ1) is 24.2. The van der Waals surface area contributed by atoms with E-state index in [0.29, 0.717) is 17.7 Å². The second kappa shape index (κ2) is 10.8. The van der Waals surface area contributed by atoms with Gasteiger partial charge >= 0.3 is 0 Å². The summed E-state index contributed by atoms with van der Waals surface area (Å²) in [5.74, 6) is -3.63. The highest BCUT2D eigenvalue weighted by Crippen LogP contribution is 2.15. The number of hydrazine groups is 1. The lowest BCUT2D eigenvalue weighted by Crippen LogP contribution is -2.42. The number of nitrogens with zero attached hydrogens (tertiary/aromatic N) is 1. The van der Waals surface area contributed by atoms with Crippen molar-refractivity contribution in [3.63, 3.8) is 0 Å². The molecule has 11 heteroatoms. The Kier molecular flexibility index (Phi) is 8.46. The Bertz CT molecular complexity index is 1030. The predicted molar refractivity (Wildman–Crippen MR) is 112 cm³/mol. The third-order valence-electron chi connectivity index (χ3n) is 4.42. The average Bonchev–Trinajstić information content (AvgIpc) is 2.75. The summed E-state index contributed by atoms with van der Waals surface area (Å²) >= 11 is 0. The number of sulfonamides is 1. The Balaban J connectivity index is 1.81. The maximum atomic E-state index is 13.2. The first-order valence-electron chi connectivity index (χ1n) is 9.56. The highest BCUT2D eigenvalue weighted by molar-refractivity contribution is 7.89. The van der Waals surface area contributed by atoms with E-state index in [4.69, 9.17) is 0 Å². The summed E-state index contributed by atoms with van der Waals surface area (Å²) in [5.41, 5.74) is 5.75. The molecule has 0 radical (unpaired) electrons. The van der Waals surface area contributed by atoms with Crippen LogP contribution in [0.2, 0.25) is 0 Å². The summed E-state index contributed by atoms with van der Waals surface area (Å²) in [6.07, 6.45) is -0.288. The van der Waals surface area contributed by atoms with E-state index < -0.39 is 38.4 Å². The van der Waals surface area contributed by atoms with Gasteiger partial charge in [0.25, 0.3) is 5.91 Å². The average molecular weight is 454 g/mol. The van der Waals surface area contributed by atoms with Crippen LogP contribution in [-0.4, -0.2) is 39.9 Å². The van der Waals surface area contributed by atoms with E-state index in [-0.39, 0.29) is 13.0 Å². The fraction of sp³-hybridized carbons (Fsp3) is 0.300. The number of amides is 2. The summed E-state index contributed by atoms with van der Waals surface area (Å²) in [5, 5.41) is 0. The molecule has 0 heterocycles. The van der Waals surface area contributed by atoms with Gasteiger partial charge < -0.3 is 4.90 Å². The smallest absolute Gasteiger partial charge is 0.269 e. The largest absolute Gasteiger partial charge is 0.372 e. The van der Waals surface area contributed by atoms with Gasteiger partial charge in [0.2, 0.25) is 15.9 Å². The molecule has 0 spiro atoms. The van der Waals surface area contributed by atoms with E-state index in [0.717, 1.165) is 24.8 Å². The lowest BCUT2D eigenvalue weighted by Gasteiger charge is -2.21.